The number of esters is 1. The maximum atomic E-state index is 10.3. The van der Waals surface area contributed by atoms with E-state index in [4.69, 9.17) is 5.11 Å². The number of carbonyl (C=O) groups excluding carboxylic acids is 1. The topological polar surface area (TPSA) is 66.8 Å². The Kier molecular flexibility index (Phi) is 4.83. The molecule has 0 aromatic rings. The van der Waals surface area contributed by atoms with Gasteiger partial charge in [-0.25, -0.2) is 4.79 Å². The Morgan fingerprint density at radius 1 is 1.50 bits per heavy atom. The lowest BCUT2D eigenvalue weighted by Gasteiger charge is -2.11. The number of hydrogen-bond donors (Lipinski definition) is 1. The van der Waals surface area contributed by atoms with Crippen LogP contribution in [0.2, 0.25) is 0 Å². The highest BCUT2D eigenvalue weighted by molar-refractivity contribution is 5.66. The number of rotatable bonds is 4. The van der Waals surface area contributed by atoms with Crippen molar-refractivity contribution in [3.63, 3.8) is 0 Å². The second-order valence-electron chi connectivity index (χ2n) is 2.40. The van der Waals surface area contributed by atoms with Gasteiger partial charge < -0.3 is 14.7 Å². The Bertz CT molecular complexity index is 169. The van der Waals surface area contributed by atoms with Crippen molar-refractivity contribution in [3.05, 3.63) is 0 Å². The molecule has 70 valence electrons. The molecule has 0 radical (unpaired) electrons. The Morgan fingerprint density at radius 3 is 2.50 bits per heavy atom. The average Bonchev–Trinajstić information content (AvgIpc) is 1.97. The number of nitrogens with zero attached hydrogens (tertiary/aromatic N) is 1. The highest BCUT2D eigenvalue weighted by Crippen LogP contribution is 1.89. The normalized spacial score (nSPS) is 9.17. The number of ether oxygens (including phenoxy) is 1. The predicted octanol–water partition coefficient (Wildman–Crippen LogP) is 0.549. The van der Waals surface area contributed by atoms with Gasteiger partial charge in [-0.15, -0.1) is 0 Å². The summed E-state index contributed by atoms with van der Waals surface area (Å²) in [7, 11) is 1.47. The first-order chi connectivity index (χ1) is 5.54. The third kappa shape index (κ3) is 5.52. The summed E-state index contributed by atoms with van der Waals surface area (Å²) in [5.74, 6) is -0.340. The summed E-state index contributed by atoms with van der Waals surface area (Å²) >= 11 is 0. The van der Waals surface area contributed by atoms with Gasteiger partial charge >= 0.3 is 12.1 Å². The van der Waals surface area contributed by atoms with Crippen LogP contribution in [-0.2, 0) is 9.53 Å². The molecule has 0 aliphatic rings. The van der Waals surface area contributed by atoms with Crippen molar-refractivity contribution >= 4 is 12.1 Å². The van der Waals surface area contributed by atoms with E-state index in [1.165, 1.54) is 14.0 Å². The molecule has 0 atom stereocenters. The highest BCUT2D eigenvalue weighted by atomic mass is 16.5. The Balaban J connectivity index is 3.31. The molecule has 0 saturated carbocycles. The molecule has 0 saturated heterocycles. The molecular weight excluding hydrogens is 162 g/mol. The minimum Gasteiger partial charge on any atom is -0.466 e. The number of carboxylic acid groups (broad SMARTS) is 1. The zero-order chi connectivity index (χ0) is 9.56. The SMILES string of the molecule is CC(=O)OCCCN(C)C(=O)O. The fourth-order valence-electron chi connectivity index (χ4n) is 0.613. The van der Waals surface area contributed by atoms with Gasteiger partial charge in [0.25, 0.3) is 0 Å². The quantitative estimate of drug-likeness (QED) is 0.500. The monoisotopic (exact) mass is 175 g/mol. The second kappa shape index (κ2) is 5.40. The molecule has 12 heavy (non-hydrogen) atoms. The molecule has 0 aromatic carbocycles. The van der Waals surface area contributed by atoms with Gasteiger partial charge in [0, 0.05) is 20.5 Å². The summed E-state index contributed by atoms with van der Waals surface area (Å²) in [5, 5.41) is 8.41. The summed E-state index contributed by atoms with van der Waals surface area (Å²) in [5.41, 5.74) is 0. The predicted molar refractivity (Wildman–Crippen MR) is 41.9 cm³/mol. The molecule has 0 unspecified atom stereocenters. The fraction of sp³-hybridized carbons (Fsp3) is 0.714. The first kappa shape index (κ1) is 10.7. The first-order valence-electron chi connectivity index (χ1n) is 3.61. The maximum absolute atomic E-state index is 10.3. The van der Waals surface area contributed by atoms with Crippen molar-refractivity contribution in [1.29, 1.82) is 0 Å². The van der Waals surface area contributed by atoms with E-state index in [1.807, 2.05) is 0 Å². The number of hydrogen-bond acceptors (Lipinski definition) is 3. The summed E-state index contributed by atoms with van der Waals surface area (Å²) in [6, 6.07) is 0. The molecule has 0 aromatic heterocycles. The maximum Gasteiger partial charge on any atom is 0.407 e. The van der Waals surface area contributed by atoms with Crippen molar-refractivity contribution in [2.24, 2.45) is 0 Å². The molecule has 1 N–H and O–H groups in total. The van der Waals surface area contributed by atoms with E-state index in [0.717, 1.165) is 4.90 Å². The van der Waals surface area contributed by atoms with Gasteiger partial charge in [-0.3, -0.25) is 4.79 Å². The molecule has 0 aliphatic heterocycles. The van der Waals surface area contributed by atoms with Gasteiger partial charge in [0.15, 0.2) is 0 Å². The van der Waals surface area contributed by atoms with E-state index in [2.05, 4.69) is 4.74 Å². The smallest absolute Gasteiger partial charge is 0.407 e. The lowest BCUT2D eigenvalue weighted by molar-refractivity contribution is -0.141. The Labute approximate surface area is 70.9 Å². The summed E-state index contributed by atoms with van der Waals surface area (Å²) in [4.78, 5) is 21.7. The van der Waals surface area contributed by atoms with Gasteiger partial charge in [-0.2, -0.15) is 0 Å². The van der Waals surface area contributed by atoms with Crippen LogP contribution in [0.25, 0.3) is 0 Å². The van der Waals surface area contributed by atoms with Gasteiger partial charge in [-0.05, 0) is 6.42 Å². The molecular formula is C7H13NO4. The average molecular weight is 175 g/mol. The molecule has 0 spiro atoms. The Hall–Kier alpha value is -1.26. The highest BCUT2D eigenvalue weighted by Gasteiger charge is 2.03. The van der Waals surface area contributed by atoms with Crippen LogP contribution in [0.1, 0.15) is 13.3 Å². The third-order valence-electron chi connectivity index (χ3n) is 1.27. The van der Waals surface area contributed by atoms with Crippen LogP contribution in [0.15, 0.2) is 0 Å². The molecule has 1 amide bonds. The van der Waals surface area contributed by atoms with Crippen molar-refractivity contribution in [3.8, 4) is 0 Å². The standard InChI is InChI=1S/C7H13NO4/c1-6(9)12-5-3-4-8(2)7(10)11/h3-5H2,1-2H3,(H,10,11). The largest absolute Gasteiger partial charge is 0.466 e. The lowest BCUT2D eigenvalue weighted by atomic mass is 10.4. The second-order valence-corrected chi connectivity index (χ2v) is 2.40. The zero-order valence-electron chi connectivity index (χ0n) is 7.24. The zero-order valence-corrected chi connectivity index (χ0v) is 7.24. The number of amides is 1. The van der Waals surface area contributed by atoms with Crippen LogP contribution < -0.4 is 0 Å². The van der Waals surface area contributed by atoms with Crippen LogP contribution >= 0.6 is 0 Å². The van der Waals surface area contributed by atoms with Crippen LogP contribution in [0, 0.1) is 0 Å². The molecule has 0 fully saturated rings. The summed E-state index contributed by atoms with van der Waals surface area (Å²) in [6.45, 7) is 1.97. The van der Waals surface area contributed by atoms with Crippen LogP contribution in [0.4, 0.5) is 4.79 Å². The molecule has 0 aliphatic carbocycles. The van der Waals surface area contributed by atoms with Gasteiger partial charge in [0.2, 0.25) is 0 Å². The minimum atomic E-state index is -0.974. The molecule has 0 bridgehead atoms. The summed E-state index contributed by atoms with van der Waals surface area (Å²) < 4.78 is 4.61. The Morgan fingerprint density at radius 2 is 2.08 bits per heavy atom. The number of carbonyl (C=O) groups is 2. The third-order valence-corrected chi connectivity index (χ3v) is 1.27. The van der Waals surface area contributed by atoms with E-state index in [9.17, 15) is 9.59 Å². The molecule has 5 heteroatoms. The van der Waals surface area contributed by atoms with Crippen LogP contribution in [0.5, 0.6) is 0 Å². The van der Waals surface area contributed by atoms with Gasteiger partial charge in [0.05, 0.1) is 6.61 Å². The fourth-order valence-corrected chi connectivity index (χ4v) is 0.613. The van der Waals surface area contributed by atoms with E-state index < -0.39 is 6.09 Å². The van der Waals surface area contributed by atoms with E-state index in [1.54, 1.807) is 0 Å². The minimum absolute atomic E-state index is 0.271. The first-order valence-corrected chi connectivity index (χ1v) is 3.61. The van der Waals surface area contributed by atoms with E-state index in [0.29, 0.717) is 13.0 Å². The van der Waals surface area contributed by atoms with Crippen molar-refractivity contribution in [2.45, 2.75) is 13.3 Å². The summed E-state index contributed by atoms with van der Waals surface area (Å²) in [6.07, 6.45) is -0.444. The van der Waals surface area contributed by atoms with Crippen LogP contribution in [-0.4, -0.2) is 42.3 Å². The lowest BCUT2D eigenvalue weighted by Crippen LogP contribution is -2.26. The molecule has 5 nitrogen and oxygen atoms in total. The van der Waals surface area contributed by atoms with E-state index in [-0.39, 0.29) is 12.6 Å². The van der Waals surface area contributed by atoms with Crippen molar-refractivity contribution in [1.82, 2.24) is 4.90 Å². The molecule has 0 heterocycles. The van der Waals surface area contributed by atoms with Gasteiger partial charge in [0.1, 0.15) is 0 Å². The molecule has 0 rings (SSSR count). The van der Waals surface area contributed by atoms with E-state index >= 15 is 0 Å². The van der Waals surface area contributed by atoms with Crippen LogP contribution in [0.3, 0.4) is 0 Å². The van der Waals surface area contributed by atoms with Crippen molar-refractivity contribution < 1.29 is 19.4 Å². The van der Waals surface area contributed by atoms with Gasteiger partial charge in [-0.1, -0.05) is 0 Å². The van der Waals surface area contributed by atoms with Crippen molar-refractivity contribution in [2.75, 3.05) is 20.2 Å².